The van der Waals surface area contributed by atoms with Gasteiger partial charge in [-0.05, 0) is 30.2 Å². The van der Waals surface area contributed by atoms with Crippen LogP contribution in [-0.4, -0.2) is 55.9 Å². The Morgan fingerprint density at radius 2 is 1.51 bits per heavy atom. The van der Waals surface area contributed by atoms with Gasteiger partial charge in [0.2, 0.25) is 0 Å². The number of esters is 1. The monoisotopic (exact) mass is 476 g/mol. The Morgan fingerprint density at radius 3 is 2.06 bits per heavy atom. The van der Waals surface area contributed by atoms with Crippen molar-refractivity contribution in [1.82, 2.24) is 0 Å². The SMILES string of the molecule is CCc1ccc2c(O)c3c(cc2c1C(=O)OC)C(=O)c1c(NCCN)ccc(NCCN)c1C3=O. The highest BCUT2D eigenvalue weighted by Crippen LogP contribution is 2.43. The molecule has 1 aliphatic carbocycles. The number of methoxy groups -OCH3 is 1. The number of phenols is 1. The molecule has 0 spiro atoms. The number of ether oxygens (including phenoxy) is 1. The molecule has 1 aliphatic rings. The Bertz CT molecular complexity index is 1370. The number of phenolic OH excluding ortho intramolecular Hbond substituents is 1. The fourth-order valence-corrected chi connectivity index (χ4v) is 4.59. The van der Waals surface area contributed by atoms with Crippen LogP contribution >= 0.6 is 0 Å². The van der Waals surface area contributed by atoms with Crippen molar-refractivity contribution >= 4 is 39.7 Å². The molecule has 4 rings (SSSR count). The first-order valence-electron chi connectivity index (χ1n) is 11.4. The predicted molar refractivity (Wildman–Crippen MR) is 135 cm³/mol. The molecule has 182 valence electrons. The summed E-state index contributed by atoms with van der Waals surface area (Å²) >= 11 is 0. The molecule has 0 aliphatic heterocycles. The third kappa shape index (κ3) is 3.88. The molecule has 0 atom stereocenters. The number of fused-ring (bicyclic) bond motifs is 3. The normalized spacial score (nSPS) is 12.3. The van der Waals surface area contributed by atoms with Crippen molar-refractivity contribution in [2.24, 2.45) is 11.5 Å². The molecule has 3 aromatic rings. The third-order valence-corrected chi connectivity index (χ3v) is 6.20. The zero-order valence-corrected chi connectivity index (χ0v) is 19.7. The second-order valence-corrected chi connectivity index (χ2v) is 8.19. The molecule has 7 N–H and O–H groups in total. The molecule has 3 aromatic carbocycles. The van der Waals surface area contributed by atoms with Crippen LogP contribution in [0.5, 0.6) is 5.75 Å². The van der Waals surface area contributed by atoms with E-state index in [-0.39, 0.29) is 33.6 Å². The number of aromatic hydroxyl groups is 1. The lowest BCUT2D eigenvalue weighted by atomic mass is 9.79. The number of hydrogen-bond donors (Lipinski definition) is 5. The summed E-state index contributed by atoms with van der Waals surface area (Å²) in [5, 5.41) is 18.1. The molecule has 0 saturated heterocycles. The number of rotatable bonds is 8. The summed E-state index contributed by atoms with van der Waals surface area (Å²) in [4.78, 5) is 40.3. The van der Waals surface area contributed by atoms with Gasteiger partial charge < -0.3 is 31.9 Å². The molecule has 0 bridgehead atoms. The van der Waals surface area contributed by atoms with Crippen molar-refractivity contribution < 1.29 is 24.2 Å². The number of benzene rings is 3. The molecule has 0 amide bonds. The molecular formula is C26H28N4O5. The Kier molecular flexibility index (Phi) is 6.72. The van der Waals surface area contributed by atoms with E-state index < -0.39 is 17.5 Å². The number of aryl methyl sites for hydroxylation is 1. The van der Waals surface area contributed by atoms with Gasteiger partial charge in [-0.1, -0.05) is 19.1 Å². The number of carbonyl (C=O) groups is 3. The van der Waals surface area contributed by atoms with Crippen LogP contribution in [0.2, 0.25) is 0 Å². The summed E-state index contributed by atoms with van der Waals surface area (Å²) in [5.41, 5.74) is 13.4. The molecular weight excluding hydrogens is 448 g/mol. The van der Waals surface area contributed by atoms with Crippen molar-refractivity contribution in [2.45, 2.75) is 13.3 Å². The van der Waals surface area contributed by atoms with Gasteiger partial charge in [0, 0.05) is 53.9 Å². The molecule has 0 saturated carbocycles. The highest BCUT2D eigenvalue weighted by Gasteiger charge is 2.37. The fraction of sp³-hybridized carbons (Fsp3) is 0.269. The number of hydrogen-bond acceptors (Lipinski definition) is 9. The third-order valence-electron chi connectivity index (χ3n) is 6.20. The Labute approximate surface area is 202 Å². The second kappa shape index (κ2) is 9.73. The summed E-state index contributed by atoms with van der Waals surface area (Å²) in [7, 11) is 1.27. The van der Waals surface area contributed by atoms with Crippen LogP contribution in [0.1, 0.15) is 54.7 Å². The standard InChI is InChI=1S/C26H28N4O5/c1-3-13-4-5-14-15(19(13)26(34)35-2)12-16-20(23(14)31)25(33)22-18(30-11-9-28)7-6-17(29-10-8-27)21(22)24(16)32/h4-7,12,29-31H,3,8-11,27-28H2,1-2H3. The first-order chi connectivity index (χ1) is 16.9. The van der Waals surface area contributed by atoms with Gasteiger partial charge in [0.15, 0.2) is 11.6 Å². The van der Waals surface area contributed by atoms with Crippen LogP contribution in [0, 0.1) is 0 Å². The Balaban J connectivity index is 2.04. The van der Waals surface area contributed by atoms with Crippen molar-refractivity contribution in [3.63, 3.8) is 0 Å². The van der Waals surface area contributed by atoms with Crippen molar-refractivity contribution in [3.8, 4) is 5.75 Å². The average molecular weight is 477 g/mol. The van der Waals surface area contributed by atoms with Gasteiger partial charge in [-0.15, -0.1) is 0 Å². The van der Waals surface area contributed by atoms with Crippen molar-refractivity contribution in [2.75, 3.05) is 43.9 Å². The van der Waals surface area contributed by atoms with Crippen LogP contribution in [0.3, 0.4) is 0 Å². The minimum atomic E-state index is -0.583. The van der Waals surface area contributed by atoms with E-state index in [4.69, 9.17) is 16.2 Å². The lowest BCUT2D eigenvalue weighted by Crippen LogP contribution is -2.26. The van der Waals surface area contributed by atoms with E-state index in [0.717, 1.165) is 0 Å². The summed E-state index contributed by atoms with van der Waals surface area (Å²) in [6, 6.07) is 8.28. The number of anilines is 2. The molecule has 0 radical (unpaired) electrons. The van der Waals surface area contributed by atoms with E-state index in [1.54, 1.807) is 24.3 Å². The molecule has 0 unspecified atom stereocenters. The number of nitrogens with two attached hydrogens (primary N) is 2. The van der Waals surface area contributed by atoms with E-state index in [2.05, 4.69) is 10.6 Å². The van der Waals surface area contributed by atoms with Crippen LogP contribution in [0.4, 0.5) is 11.4 Å². The maximum absolute atomic E-state index is 13.9. The largest absolute Gasteiger partial charge is 0.507 e. The molecule has 35 heavy (non-hydrogen) atoms. The first-order valence-corrected chi connectivity index (χ1v) is 11.4. The smallest absolute Gasteiger partial charge is 0.338 e. The van der Waals surface area contributed by atoms with Gasteiger partial charge in [-0.3, -0.25) is 9.59 Å². The molecule has 0 fully saturated rings. The van der Waals surface area contributed by atoms with Crippen LogP contribution in [-0.2, 0) is 11.2 Å². The van der Waals surface area contributed by atoms with Crippen LogP contribution in [0.15, 0.2) is 30.3 Å². The maximum atomic E-state index is 13.9. The Hall–Kier alpha value is -3.95. The molecule has 9 heteroatoms. The summed E-state index contributed by atoms with van der Waals surface area (Å²) in [6.45, 7) is 3.33. The summed E-state index contributed by atoms with van der Waals surface area (Å²) < 4.78 is 4.98. The number of nitrogens with one attached hydrogen (secondary N) is 2. The molecule has 9 nitrogen and oxygen atoms in total. The first kappa shape index (κ1) is 24.2. The minimum Gasteiger partial charge on any atom is -0.507 e. The minimum absolute atomic E-state index is 0.0256. The second-order valence-electron chi connectivity index (χ2n) is 8.19. The highest BCUT2D eigenvalue weighted by molar-refractivity contribution is 6.34. The van der Waals surface area contributed by atoms with Gasteiger partial charge >= 0.3 is 5.97 Å². The quantitative estimate of drug-likeness (QED) is 0.241. The van der Waals surface area contributed by atoms with Gasteiger partial charge in [-0.25, -0.2) is 4.79 Å². The zero-order valence-electron chi connectivity index (χ0n) is 19.7. The zero-order chi connectivity index (χ0) is 25.3. The number of ketones is 2. The predicted octanol–water partition coefficient (Wildman–Crippen LogP) is 2.41. The van der Waals surface area contributed by atoms with Crippen molar-refractivity contribution in [3.05, 3.63) is 63.7 Å². The van der Waals surface area contributed by atoms with Crippen molar-refractivity contribution in [1.29, 1.82) is 0 Å². The summed E-state index contributed by atoms with van der Waals surface area (Å²) in [6.07, 6.45) is 0.539. The summed E-state index contributed by atoms with van der Waals surface area (Å²) in [5.74, 6) is -1.87. The van der Waals surface area contributed by atoms with Gasteiger partial charge in [0.25, 0.3) is 0 Å². The number of carbonyl (C=O) groups excluding carboxylic acids is 3. The van der Waals surface area contributed by atoms with Gasteiger partial charge in [-0.2, -0.15) is 0 Å². The lowest BCUT2D eigenvalue weighted by Gasteiger charge is -2.25. The van der Waals surface area contributed by atoms with Crippen LogP contribution in [0.25, 0.3) is 10.8 Å². The van der Waals surface area contributed by atoms with Gasteiger partial charge in [0.05, 0.1) is 29.4 Å². The average Bonchev–Trinajstić information content (AvgIpc) is 2.87. The van der Waals surface area contributed by atoms with E-state index in [1.165, 1.54) is 13.2 Å². The fourth-order valence-electron chi connectivity index (χ4n) is 4.59. The van der Waals surface area contributed by atoms with E-state index in [9.17, 15) is 19.5 Å². The van der Waals surface area contributed by atoms with E-state index >= 15 is 0 Å². The molecule has 0 heterocycles. The van der Waals surface area contributed by atoms with Gasteiger partial charge in [0.1, 0.15) is 5.75 Å². The van der Waals surface area contributed by atoms with Crippen LogP contribution < -0.4 is 22.1 Å². The highest BCUT2D eigenvalue weighted by atomic mass is 16.5. The van der Waals surface area contributed by atoms with E-state index in [1.807, 2.05) is 6.92 Å². The maximum Gasteiger partial charge on any atom is 0.338 e. The lowest BCUT2D eigenvalue weighted by molar-refractivity contribution is 0.0601. The Morgan fingerprint density at radius 1 is 0.914 bits per heavy atom. The van der Waals surface area contributed by atoms with E-state index in [0.29, 0.717) is 60.3 Å². The molecule has 0 aromatic heterocycles. The topological polar surface area (TPSA) is 157 Å².